The van der Waals surface area contributed by atoms with Crippen LogP contribution in [-0.2, 0) is 16.2 Å². The van der Waals surface area contributed by atoms with Crippen molar-refractivity contribution in [2.24, 2.45) is 0 Å². The molecule has 0 spiro atoms. The van der Waals surface area contributed by atoms with Crippen LogP contribution in [0.15, 0.2) is 79.1 Å². The standard InChI is InChI=1S/C39H36BN3O/c1-37(2,3)23-16-24(22-12-9-8-10-13-22)35-25(17-23)32-33-26(38(4,5)21-39(33,6)7)18-27-36(32)43(35)29-14-11-15-30-34(29)40(27)28-19-41-42-20-31(28)44-30/h8-20H,21H2,1-7H3. The highest BCUT2D eigenvalue weighted by Crippen LogP contribution is 2.55. The molecule has 2 aromatic heterocycles. The molecule has 0 atom stereocenters. The molecule has 0 N–H and O–H groups in total. The number of hydrogen-bond acceptors (Lipinski definition) is 3. The van der Waals surface area contributed by atoms with Crippen LogP contribution in [0, 0.1) is 0 Å². The van der Waals surface area contributed by atoms with Gasteiger partial charge in [0.1, 0.15) is 11.5 Å². The summed E-state index contributed by atoms with van der Waals surface area (Å²) in [4.78, 5) is 0. The van der Waals surface area contributed by atoms with Crippen LogP contribution in [0.2, 0.25) is 0 Å². The average Bonchev–Trinajstić information content (AvgIpc) is 3.42. The second-order valence-corrected chi connectivity index (χ2v) is 15.5. The third-order valence-corrected chi connectivity index (χ3v) is 10.5. The van der Waals surface area contributed by atoms with E-state index in [4.69, 9.17) is 4.74 Å². The van der Waals surface area contributed by atoms with Crippen molar-refractivity contribution in [2.75, 3.05) is 0 Å². The summed E-state index contributed by atoms with van der Waals surface area (Å²) >= 11 is 0. The lowest BCUT2D eigenvalue weighted by molar-refractivity contribution is 0.404. The molecule has 1 aliphatic carbocycles. The van der Waals surface area contributed by atoms with Crippen LogP contribution in [0.4, 0.5) is 0 Å². The first-order valence-corrected chi connectivity index (χ1v) is 15.8. The van der Waals surface area contributed by atoms with Crippen LogP contribution in [-0.4, -0.2) is 21.5 Å². The van der Waals surface area contributed by atoms with Crippen molar-refractivity contribution in [3.63, 3.8) is 0 Å². The SMILES string of the molecule is CC(C)(C)c1cc(-c2ccccc2)c2c(c1)c1c3c(cc4c1n2-c1cccc2c1B4c1cnncc1O2)C(C)(C)CC3(C)C. The number of benzene rings is 4. The number of aromatic nitrogens is 3. The van der Waals surface area contributed by atoms with E-state index in [1.165, 1.54) is 66.2 Å². The quantitative estimate of drug-likeness (QED) is 0.192. The Labute approximate surface area is 259 Å². The van der Waals surface area contributed by atoms with Gasteiger partial charge in [-0.3, -0.25) is 0 Å². The summed E-state index contributed by atoms with van der Waals surface area (Å²) in [7, 11) is 0. The molecule has 0 radical (unpaired) electrons. The van der Waals surface area contributed by atoms with E-state index in [1.54, 1.807) is 6.20 Å². The maximum absolute atomic E-state index is 6.55. The van der Waals surface area contributed by atoms with Crippen LogP contribution < -0.4 is 21.1 Å². The summed E-state index contributed by atoms with van der Waals surface area (Å²) in [5.41, 5.74) is 14.4. The van der Waals surface area contributed by atoms with E-state index in [-0.39, 0.29) is 23.0 Å². The van der Waals surface area contributed by atoms with E-state index in [2.05, 4.69) is 130 Å². The second kappa shape index (κ2) is 8.21. The predicted molar refractivity (Wildman–Crippen MR) is 182 cm³/mol. The molecule has 216 valence electrons. The molecular weight excluding hydrogens is 537 g/mol. The van der Waals surface area contributed by atoms with Gasteiger partial charge in [0.25, 0.3) is 6.71 Å². The van der Waals surface area contributed by atoms with E-state index in [0.717, 1.165) is 23.4 Å². The first-order chi connectivity index (χ1) is 21.0. The summed E-state index contributed by atoms with van der Waals surface area (Å²) in [6, 6.07) is 25.0. The van der Waals surface area contributed by atoms with E-state index in [0.29, 0.717) is 0 Å². The molecule has 6 aromatic rings. The van der Waals surface area contributed by atoms with Crippen LogP contribution in [0.1, 0.15) is 71.6 Å². The van der Waals surface area contributed by atoms with E-state index in [9.17, 15) is 0 Å². The van der Waals surface area contributed by atoms with E-state index >= 15 is 0 Å². The lowest BCUT2D eigenvalue weighted by Gasteiger charge is -2.34. The maximum Gasteiger partial charge on any atom is 0.258 e. The van der Waals surface area contributed by atoms with Gasteiger partial charge in [-0.15, -0.1) is 0 Å². The fourth-order valence-corrected chi connectivity index (χ4v) is 8.96. The summed E-state index contributed by atoms with van der Waals surface area (Å²) in [5.74, 6) is 1.70. The molecule has 0 amide bonds. The molecule has 0 saturated heterocycles. The first-order valence-electron chi connectivity index (χ1n) is 15.8. The Morgan fingerprint density at radius 1 is 0.795 bits per heavy atom. The Morgan fingerprint density at radius 2 is 1.57 bits per heavy atom. The summed E-state index contributed by atoms with van der Waals surface area (Å²) in [6.45, 7) is 16.8. The molecule has 44 heavy (non-hydrogen) atoms. The number of rotatable bonds is 1. The minimum atomic E-state index is -0.0100. The third kappa shape index (κ3) is 3.25. The van der Waals surface area contributed by atoms with Crippen molar-refractivity contribution in [3.8, 4) is 28.3 Å². The van der Waals surface area contributed by atoms with Gasteiger partial charge in [-0.05, 0) is 85.6 Å². The zero-order valence-corrected chi connectivity index (χ0v) is 26.5. The molecule has 2 aliphatic heterocycles. The van der Waals surface area contributed by atoms with Crippen LogP contribution in [0.3, 0.4) is 0 Å². The van der Waals surface area contributed by atoms with Gasteiger partial charge in [0.2, 0.25) is 0 Å². The largest absolute Gasteiger partial charge is 0.457 e. The highest BCUT2D eigenvalue weighted by atomic mass is 16.5. The number of ether oxygens (including phenoxy) is 1. The normalized spacial score (nSPS) is 16.9. The summed E-state index contributed by atoms with van der Waals surface area (Å²) in [6.07, 6.45) is 4.80. The smallest absolute Gasteiger partial charge is 0.258 e. The molecule has 0 fully saturated rings. The number of fused-ring (bicyclic) bond motifs is 9. The summed E-state index contributed by atoms with van der Waals surface area (Å²) in [5, 5.41) is 11.3. The van der Waals surface area contributed by atoms with Gasteiger partial charge < -0.3 is 9.30 Å². The average molecular weight is 574 g/mol. The topological polar surface area (TPSA) is 39.9 Å². The lowest BCUT2D eigenvalue weighted by Crippen LogP contribution is -2.58. The molecule has 0 saturated carbocycles. The molecule has 4 heterocycles. The Kier molecular flexibility index (Phi) is 4.86. The van der Waals surface area contributed by atoms with Gasteiger partial charge in [-0.1, -0.05) is 90.9 Å². The Bertz CT molecular complexity index is 2220. The van der Waals surface area contributed by atoms with Gasteiger partial charge in [0.05, 0.1) is 11.7 Å². The van der Waals surface area contributed by atoms with Crippen molar-refractivity contribution >= 4 is 44.9 Å². The fourth-order valence-electron chi connectivity index (χ4n) is 8.96. The monoisotopic (exact) mass is 573 g/mol. The molecule has 4 nitrogen and oxygen atoms in total. The third-order valence-electron chi connectivity index (χ3n) is 10.5. The van der Waals surface area contributed by atoms with Crippen molar-refractivity contribution in [1.29, 1.82) is 0 Å². The number of hydrogen-bond donors (Lipinski definition) is 0. The van der Waals surface area contributed by atoms with Crippen LogP contribution >= 0.6 is 0 Å². The highest BCUT2D eigenvalue weighted by Gasteiger charge is 2.48. The van der Waals surface area contributed by atoms with Gasteiger partial charge in [-0.25, -0.2) is 0 Å². The van der Waals surface area contributed by atoms with E-state index < -0.39 is 0 Å². The summed E-state index contributed by atoms with van der Waals surface area (Å²) < 4.78 is 9.13. The van der Waals surface area contributed by atoms with Crippen LogP contribution in [0.25, 0.3) is 38.6 Å². The Balaban J connectivity index is 1.58. The van der Waals surface area contributed by atoms with Crippen molar-refractivity contribution in [2.45, 2.75) is 71.1 Å². The molecule has 4 aromatic carbocycles. The van der Waals surface area contributed by atoms with Gasteiger partial charge in [0, 0.05) is 33.7 Å². The minimum Gasteiger partial charge on any atom is -0.457 e. The highest BCUT2D eigenvalue weighted by molar-refractivity contribution is 6.99. The zero-order valence-electron chi connectivity index (χ0n) is 26.5. The van der Waals surface area contributed by atoms with Crippen LogP contribution in [0.5, 0.6) is 11.5 Å². The van der Waals surface area contributed by atoms with E-state index in [1.807, 2.05) is 6.20 Å². The second-order valence-electron chi connectivity index (χ2n) is 15.5. The Hall–Kier alpha value is -4.38. The molecule has 0 unspecified atom stereocenters. The first kappa shape index (κ1) is 26.1. The molecule has 9 rings (SSSR count). The number of nitrogens with zero attached hydrogens (tertiary/aromatic N) is 3. The van der Waals surface area contributed by atoms with Crippen molar-refractivity contribution in [1.82, 2.24) is 14.8 Å². The molecular formula is C39H36BN3O. The zero-order chi connectivity index (χ0) is 30.3. The maximum atomic E-state index is 6.55. The van der Waals surface area contributed by atoms with Gasteiger partial charge in [0.15, 0.2) is 0 Å². The van der Waals surface area contributed by atoms with Gasteiger partial charge >= 0.3 is 0 Å². The fraction of sp³-hybridized carbons (Fsp3) is 0.282. The molecule has 5 heteroatoms. The van der Waals surface area contributed by atoms with Gasteiger partial charge in [-0.2, -0.15) is 10.2 Å². The molecule has 3 aliphatic rings. The van der Waals surface area contributed by atoms with Crippen molar-refractivity contribution < 1.29 is 4.74 Å². The lowest BCUT2D eigenvalue weighted by atomic mass is 9.34. The Morgan fingerprint density at radius 3 is 2.34 bits per heavy atom. The predicted octanol–water partition coefficient (Wildman–Crippen LogP) is 7.43. The minimum absolute atomic E-state index is 0.0100. The molecule has 0 bridgehead atoms. The van der Waals surface area contributed by atoms with Crippen molar-refractivity contribution in [3.05, 3.63) is 95.8 Å².